The van der Waals surface area contributed by atoms with Gasteiger partial charge in [0.25, 0.3) is 0 Å². The number of phenolic OH excluding ortho intramolecular Hbond substituents is 1. The van der Waals surface area contributed by atoms with Crippen molar-refractivity contribution < 1.29 is 23.1 Å². The Kier molecular flexibility index (Phi) is 2.27. The molecule has 70 valence electrons. The molecule has 0 radical (unpaired) electrons. The highest BCUT2D eigenvalue weighted by molar-refractivity contribution is 5.96. The second-order valence-corrected chi connectivity index (χ2v) is 2.44. The first-order chi connectivity index (χ1) is 5.95. The van der Waals surface area contributed by atoms with Crippen molar-refractivity contribution >= 4 is 5.78 Å². The van der Waals surface area contributed by atoms with Crippen LogP contribution in [0.3, 0.4) is 0 Å². The van der Waals surface area contributed by atoms with Crippen molar-refractivity contribution in [3.05, 3.63) is 29.1 Å². The molecule has 0 heterocycles. The van der Waals surface area contributed by atoms with Crippen molar-refractivity contribution in [3.8, 4) is 5.75 Å². The summed E-state index contributed by atoms with van der Waals surface area (Å²) in [5.41, 5.74) is -0.834. The maximum atomic E-state index is 12.8. The van der Waals surface area contributed by atoms with Gasteiger partial charge < -0.3 is 5.11 Å². The van der Waals surface area contributed by atoms with E-state index in [0.717, 1.165) is 6.92 Å². The first-order valence-corrected chi connectivity index (χ1v) is 3.32. The lowest BCUT2D eigenvalue weighted by atomic mass is 10.1. The molecule has 0 saturated heterocycles. The molecule has 0 aliphatic rings. The highest BCUT2D eigenvalue weighted by Gasteiger charge is 2.20. The minimum Gasteiger partial charge on any atom is -0.507 e. The van der Waals surface area contributed by atoms with E-state index >= 15 is 0 Å². The summed E-state index contributed by atoms with van der Waals surface area (Å²) in [6.07, 6.45) is 0. The number of carbonyl (C=O) groups excluding carboxylic acids is 1. The Labute approximate surface area is 71.6 Å². The first-order valence-electron chi connectivity index (χ1n) is 3.32. The predicted octanol–water partition coefficient (Wildman–Crippen LogP) is 2.01. The van der Waals surface area contributed by atoms with Crippen LogP contribution in [0, 0.1) is 17.5 Å². The molecule has 0 aromatic heterocycles. The number of phenols is 1. The largest absolute Gasteiger partial charge is 0.507 e. The molecule has 1 rings (SSSR count). The van der Waals surface area contributed by atoms with E-state index in [1.165, 1.54) is 0 Å². The number of hydrogen-bond acceptors (Lipinski definition) is 2. The van der Waals surface area contributed by atoms with E-state index in [1.54, 1.807) is 0 Å². The zero-order valence-corrected chi connectivity index (χ0v) is 6.57. The van der Waals surface area contributed by atoms with Gasteiger partial charge in [-0.05, 0) is 6.92 Å². The van der Waals surface area contributed by atoms with E-state index in [1.807, 2.05) is 0 Å². The molecule has 0 aliphatic carbocycles. The molecule has 0 spiro atoms. The van der Waals surface area contributed by atoms with Crippen molar-refractivity contribution in [1.82, 2.24) is 0 Å². The third kappa shape index (κ3) is 1.49. The number of carbonyl (C=O) groups is 1. The Morgan fingerprint density at radius 3 is 2.31 bits per heavy atom. The molecule has 0 atom stereocenters. The number of aromatic hydroxyl groups is 1. The van der Waals surface area contributed by atoms with E-state index in [-0.39, 0.29) is 0 Å². The van der Waals surface area contributed by atoms with Crippen molar-refractivity contribution in [1.29, 1.82) is 0 Å². The van der Waals surface area contributed by atoms with Crippen molar-refractivity contribution in [2.75, 3.05) is 0 Å². The van der Waals surface area contributed by atoms with Crippen molar-refractivity contribution in [2.45, 2.75) is 6.92 Å². The topological polar surface area (TPSA) is 37.3 Å². The Morgan fingerprint density at radius 1 is 1.31 bits per heavy atom. The van der Waals surface area contributed by atoms with Crippen LogP contribution >= 0.6 is 0 Å². The van der Waals surface area contributed by atoms with Crippen LogP contribution in [0.2, 0.25) is 0 Å². The van der Waals surface area contributed by atoms with E-state index in [9.17, 15) is 18.0 Å². The highest BCUT2D eigenvalue weighted by atomic mass is 19.2. The van der Waals surface area contributed by atoms with Gasteiger partial charge >= 0.3 is 0 Å². The Balaban J connectivity index is 3.53. The summed E-state index contributed by atoms with van der Waals surface area (Å²) in [6.45, 7) is 0.940. The fourth-order valence-corrected chi connectivity index (χ4v) is 0.917. The van der Waals surface area contributed by atoms with Crippen LogP contribution in [0.5, 0.6) is 5.75 Å². The van der Waals surface area contributed by atoms with Gasteiger partial charge in [0, 0.05) is 6.07 Å². The highest BCUT2D eigenvalue weighted by Crippen LogP contribution is 2.25. The normalized spacial score (nSPS) is 10.2. The average Bonchev–Trinajstić information content (AvgIpc) is 1.99. The number of hydrogen-bond donors (Lipinski definition) is 1. The summed E-state index contributed by atoms with van der Waals surface area (Å²) < 4.78 is 37.7. The predicted molar refractivity (Wildman–Crippen MR) is 38.0 cm³/mol. The molecule has 0 aliphatic heterocycles. The summed E-state index contributed by atoms with van der Waals surface area (Å²) in [5.74, 6) is -6.72. The minimum atomic E-state index is -1.76. The summed E-state index contributed by atoms with van der Waals surface area (Å²) >= 11 is 0. The molecule has 1 aromatic carbocycles. The van der Waals surface area contributed by atoms with E-state index in [2.05, 4.69) is 0 Å². The summed E-state index contributed by atoms with van der Waals surface area (Å²) in [6, 6.07) is 0.356. The van der Waals surface area contributed by atoms with Gasteiger partial charge in [0.1, 0.15) is 5.75 Å². The van der Waals surface area contributed by atoms with Gasteiger partial charge in [0.15, 0.2) is 23.2 Å². The van der Waals surface area contributed by atoms with Gasteiger partial charge in [0.05, 0.1) is 5.56 Å². The van der Waals surface area contributed by atoms with Crippen LogP contribution in [0.15, 0.2) is 6.07 Å². The van der Waals surface area contributed by atoms with Crippen molar-refractivity contribution in [3.63, 3.8) is 0 Å². The molecule has 1 aromatic rings. The summed E-state index contributed by atoms with van der Waals surface area (Å²) in [5, 5.41) is 8.90. The maximum Gasteiger partial charge on any atom is 0.195 e. The van der Waals surface area contributed by atoms with Crippen LogP contribution in [0.25, 0.3) is 0 Å². The number of benzene rings is 1. The van der Waals surface area contributed by atoms with Gasteiger partial charge in [-0.2, -0.15) is 0 Å². The molecule has 0 amide bonds. The van der Waals surface area contributed by atoms with Crippen LogP contribution in [0.4, 0.5) is 13.2 Å². The molecule has 5 heteroatoms. The Morgan fingerprint density at radius 2 is 1.85 bits per heavy atom. The average molecular weight is 190 g/mol. The molecule has 1 N–H and O–H groups in total. The second kappa shape index (κ2) is 3.08. The van der Waals surface area contributed by atoms with Gasteiger partial charge in [0.2, 0.25) is 0 Å². The van der Waals surface area contributed by atoms with Gasteiger partial charge in [-0.25, -0.2) is 13.2 Å². The van der Waals surface area contributed by atoms with Crippen LogP contribution in [0.1, 0.15) is 17.3 Å². The van der Waals surface area contributed by atoms with Crippen LogP contribution < -0.4 is 0 Å². The third-order valence-corrected chi connectivity index (χ3v) is 1.49. The van der Waals surface area contributed by atoms with Gasteiger partial charge in [-0.1, -0.05) is 0 Å². The number of Topliss-reactive ketones (excluding diaryl/α,β-unsaturated/α-hetero) is 1. The lowest BCUT2D eigenvalue weighted by Gasteiger charge is -2.03. The summed E-state index contributed by atoms with van der Waals surface area (Å²) in [7, 11) is 0. The maximum absolute atomic E-state index is 12.8. The first kappa shape index (κ1) is 9.57. The monoisotopic (exact) mass is 190 g/mol. The molecule has 0 unspecified atom stereocenters. The molecule has 0 fully saturated rings. The molecular weight excluding hydrogens is 185 g/mol. The summed E-state index contributed by atoms with van der Waals surface area (Å²) in [4.78, 5) is 10.7. The van der Waals surface area contributed by atoms with Crippen LogP contribution in [-0.2, 0) is 0 Å². The fraction of sp³-hybridized carbons (Fsp3) is 0.125. The van der Waals surface area contributed by atoms with Gasteiger partial charge in [-0.15, -0.1) is 0 Å². The Bertz CT molecular complexity index is 374. The van der Waals surface area contributed by atoms with Gasteiger partial charge in [-0.3, -0.25) is 4.79 Å². The number of rotatable bonds is 1. The number of halogens is 3. The van der Waals surface area contributed by atoms with E-state index in [0.29, 0.717) is 6.07 Å². The van der Waals surface area contributed by atoms with Crippen molar-refractivity contribution in [2.24, 2.45) is 0 Å². The number of ketones is 1. The zero-order chi connectivity index (χ0) is 10.2. The fourth-order valence-electron chi connectivity index (χ4n) is 0.917. The molecule has 0 bridgehead atoms. The smallest absolute Gasteiger partial charge is 0.195 e. The van der Waals surface area contributed by atoms with E-state index < -0.39 is 34.5 Å². The second-order valence-electron chi connectivity index (χ2n) is 2.44. The minimum absolute atomic E-state index is 0.356. The molecule has 0 saturated carbocycles. The van der Waals surface area contributed by atoms with E-state index in [4.69, 9.17) is 5.11 Å². The molecule has 2 nitrogen and oxygen atoms in total. The lowest BCUT2D eigenvalue weighted by Crippen LogP contribution is -2.02. The Hall–Kier alpha value is -1.52. The standard InChI is InChI=1S/C8H5F3O2/c1-3(12)6-5(13)2-4(9)7(10)8(6)11/h2,13H,1H3. The quantitative estimate of drug-likeness (QED) is 0.543. The molecular formula is C8H5F3O2. The SMILES string of the molecule is CC(=O)c1c(O)cc(F)c(F)c1F. The van der Waals surface area contributed by atoms with Crippen LogP contribution in [-0.4, -0.2) is 10.9 Å². The third-order valence-electron chi connectivity index (χ3n) is 1.49. The zero-order valence-electron chi connectivity index (χ0n) is 6.57. The lowest BCUT2D eigenvalue weighted by molar-refractivity contribution is 0.101. The molecule has 13 heavy (non-hydrogen) atoms.